The second-order valence-corrected chi connectivity index (χ2v) is 5.97. The summed E-state index contributed by atoms with van der Waals surface area (Å²) in [6.07, 6.45) is 1.62. The van der Waals surface area contributed by atoms with Gasteiger partial charge in [0.2, 0.25) is 0 Å². The van der Waals surface area contributed by atoms with Crippen molar-refractivity contribution in [3.05, 3.63) is 63.2 Å². The van der Waals surface area contributed by atoms with E-state index >= 15 is 0 Å². The van der Waals surface area contributed by atoms with Gasteiger partial charge in [-0.15, -0.1) is 0 Å². The predicted molar refractivity (Wildman–Crippen MR) is 100 cm³/mol. The van der Waals surface area contributed by atoms with Crippen LogP contribution in [-0.4, -0.2) is 19.1 Å². The molecule has 0 aliphatic rings. The first kappa shape index (κ1) is 19.0. The topological polar surface area (TPSA) is 85.4 Å². The zero-order valence-electron chi connectivity index (χ0n) is 15.1. The number of nitro benzene ring substituents is 1. The zero-order chi connectivity index (χ0) is 19.3. The monoisotopic (exact) mass is 352 g/mol. The van der Waals surface area contributed by atoms with Gasteiger partial charge in [0.15, 0.2) is 11.5 Å². The van der Waals surface area contributed by atoms with E-state index in [1.165, 1.54) is 20.3 Å². The summed E-state index contributed by atoms with van der Waals surface area (Å²) in [4.78, 5) is 11.0. The van der Waals surface area contributed by atoms with Crippen LogP contribution in [0.25, 0.3) is 11.6 Å². The molecule has 0 aliphatic heterocycles. The minimum Gasteiger partial charge on any atom is -0.493 e. The Labute approximate surface area is 152 Å². The van der Waals surface area contributed by atoms with Crippen molar-refractivity contribution in [2.75, 3.05) is 14.2 Å². The van der Waals surface area contributed by atoms with Gasteiger partial charge in [0.05, 0.1) is 30.8 Å². The van der Waals surface area contributed by atoms with Gasteiger partial charge in [0.25, 0.3) is 5.69 Å². The van der Waals surface area contributed by atoms with E-state index in [0.717, 1.165) is 0 Å². The van der Waals surface area contributed by atoms with Crippen LogP contribution in [0.1, 0.15) is 36.5 Å². The van der Waals surface area contributed by atoms with Gasteiger partial charge in [-0.2, -0.15) is 5.26 Å². The number of methoxy groups -OCH3 is 2. The van der Waals surface area contributed by atoms with Crippen LogP contribution in [0.3, 0.4) is 0 Å². The van der Waals surface area contributed by atoms with Crippen molar-refractivity contribution in [2.45, 2.75) is 19.8 Å². The minimum atomic E-state index is -0.394. The third kappa shape index (κ3) is 4.01. The van der Waals surface area contributed by atoms with Crippen molar-refractivity contribution in [2.24, 2.45) is 0 Å². The van der Waals surface area contributed by atoms with E-state index in [1.807, 2.05) is 13.8 Å². The molecule has 0 fully saturated rings. The molecular weight excluding hydrogens is 332 g/mol. The number of allylic oxidation sites excluding steroid dienone is 1. The van der Waals surface area contributed by atoms with Crippen molar-refractivity contribution in [1.82, 2.24) is 0 Å². The normalized spacial score (nSPS) is 11.2. The summed E-state index contributed by atoms with van der Waals surface area (Å²) in [5.74, 6) is 1.10. The molecule has 0 bridgehead atoms. The molecule has 2 aromatic carbocycles. The van der Waals surface area contributed by atoms with Crippen LogP contribution in [0.4, 0.5) is 5.69 Å². The zero-order valence-corrected chi connectivity index (χ0v) is 15.1. The summed E-state index contributed by atoms with van der Waals surface area (Å²) in [5.41, 5.74) is 2.32. The maximum Gasteiger partial charge on any atom is 0.273 e. The van der Waals surface area contributed by atoms with Crippen LogP contribution in [-0.2, 0) is 0 Å². The molecule has 2 rings (SSSR count). The van der Waals surface area contributed by atoms with Crippen LogP contribution in [0.5, 0.6) is 11.5 Å². The Bertz CT molecular complexity index is 895. The van der Waals surface area contributed by atoms with Crippen LogP contribution >= 0.6 is 0 Å². The Kier molecular flexibility index (Phi) is 5.97. The Morgan fingerprint density at radius 1 is 1.15 bits per heavy atom. The highest BCUT2D eigenvalue weighted by Crippen LogP contribution is 2.32. The summed E-state index contributed by atoms with van der Waals surface area (Å²) in [6.45, 7) is 3.81. The molecular formula is C20H20N2O4. The van der Waals surface area contributed by atoms with Gasteiger partial charge in [-0.25, -0.2) is 0 Å². The summed E-state index contributed by atoms with van der Waals surface area (Å²) in [6, 6.07) is 12.3. The lowest BCUT2D eigenvalue weighted by Gasteiger charge is -2.09. The summed E-state index contributed by atoms with van der Waals surface area (Å²) >= 11 is 0. The fourth-order valence-corrected chi connectivity index (χ4v) is 2.65. The predicted octanol–water partition coefficient (Wildman–Crippen LogP) is 4.80. The molecule has 2 aromatic rings. The first-order chi connectivity index (χ1) is 12.4. The molecule has 6 heteroatoms. The molecule has 0 saturated heterocycles. The van der Waals surface area contributed by atoms with Crippen molar-refractivity contribution < 1.29 is 14.4 Å². The Morgan fingerprint density at radius 3 is 2.38 bits per heavy atom. The maximum absolute atomic E-state index is 11.3. The van der Waals surface area contributed by atoms with E-state index < -0.39 is 4.92 Å². The molecule has 0 aromatic heterocycles. The summed E-state index contributed by atoms with van der Waals surface area (Å²) in [7, 11) is 3.05. The van der Waals surface area contributed by atoms with Gasteiger partial charge in [-0.1, -0.05) is 26.0 Å². The standard InChI is InChI=1S/C20H20N2O4/c1-13(2)17-7-5-14(10-18(17)22(23)24)9-16(12-21)15-6-8-19(25-3)20(11-15)26-4/h5-11,13H,1-4H3/b16-9+. The van der Waals surface area contributed by atoms with Crippen LogP contribution < -0.4 is 9.47 Å². The van der Waals surface area contributed by atoms with Crippen molar-refractivity contribution in [3.63, 3.8) is 0 Å². The molecule has 0 amide bonds. The fourth-order valence-electron chi connectivity index (χ4n) is 2.65. The number of hydrogen-bond donors (Lipinski definition) is 0. The van der Waals surface area contributed by atoms with Gasteiger partial charge in [0, 0.05) is 11.6 Å². The second kappa shape index (κ2) is 8.17. The number of nitro groups is 1. The second-order valence-electron chi connectivity index (χ2n) is 5.97. The number of benzene rings is 2. The molecule has 6 nitrogen and oxygen atoms in total. The number of hydrogen-bond acceptors (Lipinski definition) is 5. The quantitative estimate of drug-likeness (QED) is 0.323. The summed E-state index contributed by atoms with van der Waals surface area (Å²) in [5, 5.41) is 20.9. The Hall–Kier alpha value is -3.33. The Morgan fingerprint density at radius 2 is 1.85 bits per heavy atom. The molecule has 0 saturated carbocycles. The minimum absolute atomic E-state index is 0.0368. The molecule has 0 atom stereocenters. The van der Waals surface area contributed by atoms with Gasteiger partial charge in [-0.3, -0.25) is 10.1 Å². The molecule has 0 N–H and O–H groups in total. The smallest absolute Gasteiger partial charge is 0.273 e. The van der Waals surface area contributed by atoms with E-state index in [4.69, 9.17) is 9.47 Å². The van der Waals surface area contributed by atoms with Gasteiger partial charge in [-0.05, 0) is 41.3 Å². The van der Waals surface area contributed by atoms with Crippen LogP contribution in [0, 0.1) is 21.4 Å². The molecule has 0 spiro atoms. The van der Waals surface area contributed by atoms with E-state index in [1.54, 1.807) is 36.4 Å². The van der Waals surface area contributed by atoms with Crippen molar-refractivity contribution in [1.29, 1.82) is 5.26 Å². The first-order valence-electron chi connectivity index (χ1n) is 8.03. The molecule has 26 heavy (non-hydrogen) atoms. The Balaban J connectivity index is 2.51. The fraction of sp³-hybridized carbons (Fsp3) is 0.250. The number of nitriles is 1. The van der Waals surface area contributed by atoms with E-state index in [9.17, 15) is 15.4 Å². The average Bonchev–Trinajstić information content (AvgIpc) is 2.65. The maximum atomic E-state index is 11.3. The molecule has 0 aliphatic carbocycles. The third-order valence-electron chi connectivity index (χ3n) is 4.00. The van der Waals surface area contributed by atoms with Gasteiger partial charge < -0.3 is 9.47 Å². The molecule has 0 heterocycles. The van der Waals surface area contributed by atoms with Crippen molar-refractivity contribution >= 4 is 17.3 Å². The van der Waals surface area contributed by atoms with Gasteiger partial charge in [0.1, 0.15) is 0 Å². The molecule has 0 radical (unpaired) electrons. The highest BCUT2D eigenvalue weighted by atomic mass is 16.6. The summed E-state index contributed by atoms with van der Waals surface area (Å²) < 4.78 is 10.5. The number of rotatable bonds is 6. The average molecular weight is 352 g/mol. The van der Waals surface area contributed by atoms with E-state index in [0.29, 0.717) is 33.8 Å². The van der Waals surface area contributed by atoms with E-state index in [2.05, 4.69) is 6.07 Å². The lowest BCUT2D eigenvalue weighted by Crippen LogP contribution is -1.98. The largest absolute Gasteiger partial charge is 0.493 e. The van der Waals surface area contributed by atoms with Gasteiger partial charge >= 0.3 is 0 Å². The SMILES string of the molecule is COc1ccc(/C(C#N)=C/c2ccc(C(C)C)c([N+](=O)[O-])c2)cc1OC. The van der Waals surface area contributed by atoms with E-state index in [-0.39, 0.29) is 11.6 Å². The number of ether oxygens (including phenoxy) is 2. The van der Waals surface area contributed by atoms with Crippen LogP contribution in [0.2, 0.25) is 0 Å². The number of nitrogens with zero attached hydrogens (tertiary/aromatic N) is 2. The lowest BCUT2D eigenvalue weighted by atomic mass is 9.97. The van der Waals surface area contributed by atoms with Crippen LogP contribution in [0.15, 0.2) is 36.4 Å². The lowest BCUT2D eigenvalue weighted by molar-refractivity contribution is -0.385. The highest BCUT2D eigenvalue weighted by Gasteiger charge is 2.17. The van der Waals surface area contributed by atoms with Crippen molar-refractivity contribution in [3.8, 4) is 17.6 Å². The highest BCUT2D eigenvalue weighted by molar-refractivity contribution is 5.90. The molecule has 0 unspecified atom stereocenters. The third-order valence-corrected chi connectivity index (χ3v) is 4.00. The first-order valence-corrected chi connectivity index (χ1v) is 8.03. The molecule has 134 valence electrons.